The van der Waals surface area contributed by atoms with Gasteiger partial charge in [-0.3, -0.25) is 9.52 Å². The van der Waals surface area contributed by atoms with Gasteiger partial charge in [-0.05, 0) is 29.8 Å². The molecule has 3 aromatic rings. The molecule has 168 valence electrons. The number of aliphatic hydroxyl groups is 1. The van der Waals surface area contributed by atoms with E-state index < -0.39 is 15.6 Å². The third-order valence-electron chi connectivity index (χ3n) is 5.09. The smallest absolute Gasteiger partial charge is 0.263 e. The van der Waals surface area contributed by atoms with Crippen LogP contribution in [0.25, 0.3) is 0 Å². The van der Waals surface area contributed by atoms with E-state index in [4.69, 9.17) is 4.74 Å². The Hall–Kier alpha value is -2.79. The summed E-state index contributed by atoms with van der Waals surface area (Å²) in [5.74, 6) is -0.293. The number of β-amino-alcohol motifs (C(OH)–C–C–N with tert-alkyl or cyclic N) is 1. The standard InChI is InChI=1S/C22H23N3O5S2/c26-20(18-6-8-19(9-7-18)32(28,29)24-21-23-10-13-31-21)25-11-12-30-16-22(27,15-25)14-17-4-2-1-3-5-17/h1-10,13,27H,11-12,14-16H2,(H,23,24). The number of benzene rings is 2. The number of carbonyl (C=O) groups excluding carboxylic acids is 1. The highest BCUT2D eigenvalue weighted by Crippen LogP contribution is 2.22. The maximum Gasteiger partial charge on any atom is 0.263 e. The van der Waals surface area contributed by atoms with Gasteiger partial charge in [0.15, 0.2) is 5.13 Å². The Bertz CT molecular complexity index is 1150. The first kappa shape index (κ1) is 22.4. The quantitative estimate of drug-likeness (QED) is 0.569. The van der Waals surface area contributed by atoms with Crippen molar-refractivity contribution in [3.05, 3.63) is 77.3 Å². The molecule has 0 radical (unpaired) electrons. The van der Waals surface area contributed by atoms with Crippen molar-refractivity contribution in [2.24, 2.45) is 0 Å². The molecule has 8 nitrogen and oxygen atoms in total. The summed E-state index contributed by atoms with van der Waals surface area (Å²) in [7, 11) is -3.80. The van der Waals surface area contributed by atoms with E-state index >= 15 is 0 Å². The van der Waals surface area contributed by atoms with Crippen molar-refractivity contribution >= 4 is 32.4 Å². The van der Waals surface area contributed by atoms with Gasteiger partial charge in [0.05, 0.1) is 24.7 Å². The number of rotatable bonds is 6. The molecule has 1 aliphatic rings. The third kappa shape index (κ3) is 5.33. The first-order valence-corrected chi connectivity index (χ1v) is 12.4. The molecule has 0 saturated carbocycles. The van der Waals surface area contributed by atoms with Gasteiger partial charge in [-0.1, -0.05) is 30.3 Å². The normalized spacial score (nSPS) is 19.3. The van der Waals surface area contributed by atoms with Crippen molar-refractivity contribution in [2.45, 2.75) is 16.9 Å². The van der Waals surface area contributed by atoms with Gasteiger partial charge >= 0.3 is 0 Å². The van der Waals surface area contributed by atoms with E-state index in [1.165, 1.54) is 41.8 Å². The van der Waals surface area contributed by atoms with Crippen LogP contribution in [0.4, 0.5) is 5.13 Å². The van der Waals surface area contributed by atoms with Gasteiger partial charge in [-0.25, -0.2) is 13.4 Å². The molecule has 1 unspecified atom stereocenters. The molecular weight excluding hydrogens is 450 g/mol. The monoisotopic (exact) mass is 473 g/mol. The second kappa shape index (κ2) is 9.37. The second-order valence-corrected chi connectivity index (χ2v) is 10.2. The number of aromatic nitrogens is 1. The van der Waals surface area contributed by atoms with Crippen molar-refractivity contribution in [2.75, 3.05) is 31.0 Å². The van der Waals surface area contributed by atoms with Gasteiger partial charge in [0.25, 0.3) is 15.9 Å². The Morgan fingerprint density at radius 1 is 1.19 bits per heavy atom. The predicted molar refractivity (Wildman–Crippen MR) is 121 cm³/mol. The average molecular weight is 474 g/mol. The molecule has 2 heterocycles. The summed E-state index contributed by atoms with van der Waals surface area (Å²) in [6, 6.07) is 15.3. The lowest BCUT2D eigenvalue weighted by molar-refractivity contribution is -0.0343. The Balaban J connectivity index is 1.48. The molecule has 10 heteroatoms. The molecular formula is C22H23N3O5S2. The van der Waals surface area contributed by atoms with E-state index in [2.05, 4.69) is 9.71 Å². The lowest BCUT2D eigenvalue weighted by Crippen LogP contribution is -2.48. The van der Waals surface area contributed by atoms with E-state index in [1.807, 2.05) is 30.3 Å². The summed E-state index contributed by atoms with van der Waals surface area (Å²) in [6.45, 7) is 0.895. The first-order chi connectivity index (χ1) is 15.3. The number of thiazole rings is 1. The van der Waals surface area contributed by atoms with E-state index in [0.29, 0.717) is 25.1 Å². The number of hydrogen-bond acceptors (Lipinski definition) is 7. The average Bonchev–Trinajstić information content (AvgIpc) is 3.20. The largest absolute Gasteiger partial charge is 0.385 e. The summed E-state index contributed by atoms with van der Waals surface area (Å²) in [4.78, 5) is 18.6. The Labute approximate surface area is 190 Å². The lowest BCUT2D eigenvalue weighted by atomic mass is 9.94. The molecule has 1 aliphatic heterocycles. The molecule has 4 rings (SSSR count). The summed E-state index contributed by atoms with van der Waals surface area (Å²) in [5, 5.41) is 13.1. The van der Waals surface area contributed by atoms with Crippen molar-refractivity contribution in [3.8, 4) is 0 Å². The molecule has 1 amide bonds. The Morgan fingerprint density at radius 2 is 1.94 bits per heavy atom. The SMILES string of the molecule is O=C(c1ccc(S(=O)(=O)Nc2nccs2)cc1)N1CCOCC(O)(Cc2ccccc2)C1. The molecule has 1 saturated heterocycles. The van der Waals surface area contributed by atoms with Crippen molar-refractivity contribution in [1.82, 2.24) is 9.88 Å². The molecule has 1 aromatic heterocycles. The first-order valence-electron chi connectivity index (χ1n) is 10.0. The maximum atomic E-state index is 13.1. The predicted octanol–water partition coefficient (Wildman–Crippen LogP) is 2.39. The molecule has 0 aliphatic carbocycles. The van der Waals surface area contributed by atoms with Crippen LogP contribution in [0.2, 0.25) is 0 Å². The molecule has 1 fully saturated rings. The van der Waals surface area contributed by atoms with Crippen LogP contribution in [-0.4, -0.2) is 61.2 Å². The summed E-state index contributed by atoms with van der Waals surface area (Å²) in [6.07, 6.45) is 1.87. The number of carbonyl (C=O) groups is 1. The summed E-state index contributed by atoms with van der Waals surface area (Å²) >= 11 is 1.18. The lowest BCUT2D eigenvalue weighted by Gasteiger charge is -2.31. The Kier molecular flexibility index (Phi) is 6.56. The van der Waals surface area contributed by atoms with E-state index in [0.717, 1.165) is 5.56 Å². The third-order valence-corrected chi connectivity index (χ3v) is 7.26. The van der Waals surface area contributed by atoms with Gasteiger partial charge in [-0.2, -0.15) is 0 Å². The molecule has 2 aromatic carbocycles. The van der Waals surface area contributed by atoms with E-state index in [-0.39, 0.29) is 29.1 Å². The minimum absolute atomic E-state index is 0.0315. The molecule has 32 heavy (non-hydrogen) atoms. The summed E-state index contributed by atoms with van der Waals surface area (Å²) < 4.78 is 33.0. The van der Waals surface area contributed by atoms with E-state index in [1.54, 1.807) is 10.3 Å². The molecule has 2 N–H and O–H groups in total. The number of nitrogens with one attached hydrogen (secondary N) is 1. The van der Waals surface area contributed by atoms with Gasteiger partial charge in [0.2, 0.25) is 0 Å². The van der Waals surface area contributed by atoms with Crippen LogP contribution in [0.15, 0.2) is 71.1 Å². The number of hydrogen-bond donors (Lipinski definition) is 2. The fraction of sp³-hybridized carbons (Fsp3) is 0.273. The number of amides is 1. The van der Waals surface area contributed by atoms with Gasteiger partial charge in [0, 0.05) is 30.1 Å². The van der Waals surface area contributed by atoms with Crippen LogP contribution >= 0.6 is 11.3 Å². The van der Waals surface area contributed by atoms with Crippen molar-refractivity contribution in [3.63, 3.8) is 0 Å². The van der Waals surface area contributed by atoms with Crippen LogP contribution in [0.5, 0.6) is 0 Å². The highest BCUT2D eigenvalue weighted by molar-refractivity contribution is 7.93. The summed E-state index contributed by atoms with van der Waals surface area (Å²) in [5.41, 5.74) is 0.0753. The van der Waals surface area contributed by atoms with Gasteiger partial charge in [0.1, 0.15) is 5.60 Å². The maximum absolute atomic E-state index is 13.1. The fourth-order valence-corrected chi connectivity index (χ4v) is 5.37. The zero-order valence-corrected chi connectivity index (χ0v) is 18.8. The van der Waals surface area contributed by atoms with Gasteiger partial charge in [-0.15, -0.1) is 11.3 Å². The van der Waals surface area contributed by atoms with Crippen LogP contribution in [0.1, 0.15) is 15.9 Å². The number of anilines is 1. The zero-order valence-electron chi connectivity index (χ0n) is 17.2. The van der Waals surface area contributed by atoms with Crippen molar-refractivity contribution in [1.29, 1.82) is 0 Å². The molecule has 1 atom stereocenters. The van der Waals surface area contributed by atoms with Crippen molar-refractivity contribution < 1.29 is 23.1 Å². The number of ether oxygens (including phenoxy) is 1. The fourth-order valence-electron chi connectivity index (χ4n) is 3.58. The van der Waals surface area contributed by atoms with Crippen LogP contribution < -0.4 is 4.72 Å². The van der Waals surface area contributed by atoms with Crippen LogP contribution in [0.3, 0.4) is 0 Å². The minimum atomic E-state index is -3.80. The number of sulfonamides is 1. The zero-order chi connectivity index (χ0) is 22.6. The van der Waals surface area contributed by atoms with Gasteiger partial charge < -0.3 is 14.7 Å². The molecule has 0 bridgehead atoms. The topological polar surface area (TPSA) is 109 Å². The highest BCUT2D eigenvalue weighted by Gasteiger charge is 2.35. The highest BCUT2D eigenvalue weighted by atomic mass is 32.2. The van der Waals surface area contributed by atoms with Crippen LogP contribution in [0, 0.1) is 0 Å². The minimum Gasteiger partial charge on any atom is -0.385 e. The van der Waals surface area contributed by atoms with E-state index in [9.17, 15) is 18.3 Å². The number of nitrogens with zero attached hydrogens (tertiary/aromatic N) is 2. The Morgan fingerprint density at radius 3 is 2.62 bits per heavy atom. The molecule has 0 spiro atoms. The van der Waals surface area contributed by atoms with Crippen LogP contribution in [-0.2, 0) is 21.2 Å². The second-order valence-electron chi connectivity index (χ2n) is 7.63.